The van der Waals surface area contributed by atoms with Crippen LogP contribution in [0.1, 0.15) is 28.4 Å². The van der Waals surface area contributed by atoms with Crippen molar-refractivity contribution >= 4 is 39.9 Å². The van der Waals surface area contributed by atoms with Crippen LogP contribution in [0.15, 0.2) is 77.8 Å². The number of rotatable bonds is 7. The summed E-state index contributed by atoms with van der Waals surface area (Å²) in [5.41, 5.74) is 4.33. The predicted octanol–water partition coefficient (Wildman–Crippen LogP) is 4.43. The first kappa shape index (κ1) is 28.1. The van der Waals surface area contributed by atoms with E-state index in [0.29, 0.717) is 40.6 Å². The van der Waals surface area contributed by atoms with Gasteiger partial charge in [0.1, 0.15) is 0 Å². The Labute approximate surface area is 239 Å². The molecular formula is C32H35N5O4. The van der Waals surface area contributed by atoms with Gasteiger partial charge >= 0.3 is 5.97 Å². The molecule has 0 radical (unpaired) electrons. The number of hydrogen-bond donors (Lipinski definition) is 2. The standard InChI is InChI=1S/C32H35N5O4/c1-21-19-37(17-16-35(21)2)20-28(38)36(3)25-13-11-24(12-14-25)33-30(22-8-6-5-7-9-22)29-26-15-10-23(32(40)41-4)18-27(26)34-31(29)39/h5-15,18,21,34,39H,16-17,19-20H2,1-4H3. The molecule has 1 amide bonds. The summed E-state index contributed by atoms with van der Waals surface area (Å²) in [6, 6.07) is 22.6. The maximum Gasteiger partial charge on any atom is 0.337 e. The molecule has 1 aliphatic rings. The molecule has 0 saturated carbocycles. The Morgan fingerprint density at radius 3 is 2.46 bits per heavy atom. The highest BCUT2D eigenvalue weighted by atomic mass is 16.5. The van der Waals surface area contributed by atoms with E-state index in [2.05, 4.69) is 28.8 Å². The van der Waals surface area contributed by atoms with Crippen LogP contribution in [0.2, 0.25) is 0 Å². The number of aromatic amines is 1. The predicted molar refractivity (Wildman–Crippen MR) is 161 cm³/mol. The SMILES string of the molecule is COC(=O)c1ccc2c(C(=Nc3ccc(N(C)C(=O)CN4CCN(C)C(C)C4)cc3)c3ccccc3)c(O)[nH]c2c1. The van der Waals surface area contributed by atoms with Crippen LogP contribution < -0.4 is 4.90 Å². The molecule has 0 aliphatic carbocycles. The van der Waals surface area contributed by atoms with E-state index in [-0.39, 0.29) is 11.8 Å². The molecule has 1 atom stereocenters. The molecule has 5 rings (SSSR count). The molecule has 2 heterocycles. The first-order valence-electron chi connectivity index (χ1n) is 13.6. The van der Waals surface area contributed by atoms with E-state index < -0.39 is 5.97 Å². The number of H-pyrrole nitrogens is 1. The number of esters is 1. The second-order valence-corrected chi connectivity index (χ2v) is 10.5. The van der Waals surface area contributed by atoms with E-state index in [1.54, 1.807) is 30.1 Å². The number of aromatic hydroxyl groups is 1. The Kier molecular flexibility index (Phi) is 8.19. The number of nitrogens with zero attached hydrogens (tertiary/aromatic N) is 4. The molecule has 0 bridgehead atoms. The summed E-state index contributed by atoms with van der Waals surface area (Å²) in [7, 11) is 5.24. The Morgan fingerprint density at radius 2 is 1.78 bits per heavy atom. The van der Waals surface area contributed by atoms with Crippen molar-refractivity contribution < 1.29 is 19.4 Å². The number of anilines is 1. The van der Waals surface area contributed by atoms with Crippen LogP contribution in [0, 0.1) is 0 Å². The maximum absolute atomic E-state index is 13.0. The van der Waals surface area contributed by atoms with E-state index in [4.69, 9.17) is 9.73 Å². The number of ether oxygens (including phenoxy) is 1. The van der Waals surface area contributed by atoms with Gasteiger partial charge in [0, 0.05) is 54.9 Å². The largest absolute Gasteiger partial charge is 0.494 e. The molecule has 3 aromatic carbocycles. The first-order valence-corrected chi connectivity index (χ1v) is 13.6. The van der Waals surface area contributed by atoms with Gasteiger partial charge in [-0.3, -0.25) is 9.69 Å². The number of amides is 1. The van der Waals surface area contributed by atoms with Crippen LogP contribution in [0.5, 0.6) is 5.88 Å². The number of hydrogen-bond acceptors (Lipinski definition) is 7. The van der Waals surface area contributed by atoms with Gasteiger partial charge in [-0.15, -0.1) is 0 Å². The Balaban J connectivity index is 1.43. The molecular weight excluding hydrogens is 518 g/mol. The third kappa shape index (κ3) is 6.01. The van der Waals surface area contributed by atoms with Gasteiger partial charge in [0.25, 0.3) is 0 Å². The summed E-state index contributed by atoms with van der Waals surface area (Å²) in [6.07, 6.45) is 0. The zero-order chi connectivity index (χ0) is 29.1. The first-order chi connectivity index (χ1) is 19.7. The van der Waals surface area contributed by atoms with E-state index >= 15 is 0 Å². The van der Waals surface area contributed by atoms with Crippen molar-refractivity contribution in [3.8, 4) is 5.88 Å². The molecule has 41 heavy (non-hydrogen) atoms. The average Bonchev–Trinajstić information content (AvgIpc) is 3.32. The summed E-state index contributed by atoms with van der Waals surface area (Å²) in [4.78, 5) is 39.2. The van der Waals surface area contributed by atoms with Gasteiger partial charge in [-0.05, 0) is 50.4 Å². The number of piperazine rings is 1. The summed E-state index contributed by atoms with van der Waals surface area (Å²) in [5, 5.41) is 11.7. The Bertz CT molecular complexity index is 1580. The molecule has 1 fully saturated rings. The van der Waals surface area contributed by atoms with Gasteiger partial charge in [-0.2, -0.15) is 0 Å². The molecule has 1 saturated heterocycles. The number of carbonyl (C=O) groups is 2. The van der Waals surface area contributed by atoms with Crippen LogP contribution >= 0.6 is 0 Å². The fraction of sp³-hybridized carbons (Fsp3) is 0.281. The Morgan fingerprint density at radius 1 is 1.05 bits per heavy atom. The summed E-state index contributed by atoms with van der Waals surface area (Å²) >= 11 is 0. The van der Waals surface area contributed by atoms with Crippen molar-refractivity contribution in [3.63, 3.8) is 0 Å². The fourth-order valence-corrected chi connectivity index (χ4v) is 5.12. The van der Waals surface area contributed by atoms with Crippen LogP contribution in [0.25, 0.3) is 10.9 Å². The van der Waals surface area contributed by atoms with E-state index in [1.807, 2.05) is 54.6 Å². The molecule has 212 valence electrons. The molecule has 1 unspecified atom stereocenters. The number of carbonyl (C=O) groups excluding carboxylic acids is 2. The number of likely N-dealkylation sites (N-methyl/N-ethyl adjacent to an activating group) is 2. The molecule has 0 spiro atoms. The normalized spacial score (nSPS) is 16.6. The molecule has 1 aromatic heterocycles. The number of benzene rings is 3. The van der Waals surface area contributed by atoms with Crippen LogP contribution in [-0.2, 0) is 9.53 Å². The lowest BCUT2D eigenvalue weighted by Crippen LogP contribution is -2.52. The highest BCUT2D eigenvalue weighted by Crippen LogP contribution is 2.32. The van der Waals surface area contributed by atoms with Gasteiger partial charge in [0.2, 0.25) is 5.91 Å². The molecule has 9 nitrogen and oxygen atoms in total. The summed E-state index contributed by atoms with van der Waals surface area (Å²) < 4.78 is 4.84. The monoisotopic (exact) mass is 553 g/mol. The minimum atomic E-state index is -0.457. The van der Waals surface area contributed by atoms with Crippen molar-refractivity contribution in [2.24, 2.45) is 4.99 Å². The maximum atomic E-state index is 13.0. The van der Waals surface area contributed by atoms with E-state index in [0.717, 1.165) is 36.3 Å². The smallest absolute Gasteiger partial charge is 0.337 e. The number of aliphatic imine (C=N–C) groups is 1. The van der Waals surface area contributed by atoms with Crippen LogP contribution in [0.4, 0.5) is 11.4 Å². The highest BCUT2D eigenvalue weighted by molar-refractivity contribution is 6.22. The zero-order valence-corrected chi connectivity index (χ0v) is 23.8. The average molecular weight is 554 g/mol. The molecule has 1 aliphatic heterocycles. The van der Waals surface area contributed by atoms with E-state index in [1.165, 1.54) is 7.11 Å². The van der Waals surface area contributed by atoms with Gasteiger partial charge < -0.3 is 24.6 Å². The third-order valence-electron chi connectivity index (χ3n) is 7.74. The van der Waals surface area contributed by atoms with Crippen molar-refractivity contribution in [3.05, 3.63) is 89.5 Å². The second kappa shape index (κ2) is 12.0. The van der Waals surface area contributed by atoms with Crippen molar-refractivity contribution in [2.45, 2.75) is 13.0 Å². The van der Waals surface area contributed by atoms with Gasteiger partial charge in [-0.1, -0.05) is 36.4 Å². The minimum Gasteiger partial charge on any atom is -0.494 e. The molecule has 4 aromatic rings. The van der Waals surface area contributed by atoms with E-state index in [9.17, 15) is 14.7 Å². The fourth-order valence-electron chi connectivity index (χ4n) is 5.12. The summed E-state index contributed by atoms with van der Waals surface area (Å²) in [6.45, 7) is 5.26. The highest BCUT2D eigenvalue weighted by Gasteiger charge is 2.24. The quantitative estimate of drug-likeness (QED) is 0.259. The van der Waals surface area contributed by atoms with Crippen molar-refractivity contribution in [1.82, 2.24) is 14.8 Å². The minimum absolute atomic E-state index is 0.0398. The number of methoxy groups -OCH3 is 1. The number of nitrogens with one attached hydrogen (secondary N) is 1. The Hall–Kier alpha value is -4.47. The lowest BCUT2D eigenvalue weighted by Gasteiger charge is -2.37. The van der Waals surface area contributed by atoms with Crippen LogP contribution in [-0.4, -0.2) is 90.9 Å². The van der Waals surface area contributed by atoms with Crippen molar-refractivity contribution in [2.75, 3.05) is 52.3 Å². The topological polar surface area (TPSA) is 101 Å². The van der Waals surface area contributed by atoms with Crippen molar-refractivity contribution in [1.29, 1.82) is 0 Å². The zero-order valence-electron chi connectivity index (χ0n) is 23.8. The number of aromatic nitrogens is 1. The number of fused-ring (bicyclic) bond motifs is 1. The van der Waals surface area contributed by atoms with Gasteiger partial charge in [0.05, 0.1) is 36.2 Å². The third-order valence-corrected chi connectivity index (χ3v) is 7.74. The van der Waals surface area contributed by atoms with Gasteiger partial charge in [-0.25, -0.2) is 9.79 Å². The van der Waals surface area contributed by atoms with Gasteiger partial charge in [0.15, 0.2) is 5.88 Å². The molecule has 9 heteroatoms. The second-order valence-electron chi connectivity index (χ2n) is 10.5. The lowest BCUT2D eigenvalue weighted by atomic mass is 10.00. The lowest BCUT2D eigenvalue weighted by molar-refractivity contribution is -0.120. The van der Waals surface area contributed by atoms with Crippen LogP contribution in [0.3, 0.4) is 0 Å². The molecule has 2 N–H and O–H groups in total. The summed E-state index contributed by atoms with van der Waals surface area (Å²) in [5.74, 6) is -0.469.